The zero-order valence-electron chi connectivity index (χ0n) is 16.9. The van der Waals surface area contributed by atoms with E-state index in [1.165, 1.54) is 18.2 Å². The molecule has 0 bridgehead atoms. The Morgan fingerprint density at radius 3 is 2.63 bits per heavy atom. The topological polar surface area (TPSA) is 87.7 Å². The van der Waals surface area contributed by atoms with Gasteiger partial charge in [-0.3, -0.25) is 14.4 Å². The number of hydrogen-bond acceptors (Lipinski definition) is 5. The molecular formula is C21H26ClN3O4S. The number of nitrogens with one attached hydrogen (secondary N) is 2. The Balaban J connectivity index is 1.63. The highest BCUT2D eigenvalue weighted by molar-refractivity contribution is 7.92. The molecule has 0 atom stereocenters. The van der Waals surface area contributed by atoms with Crippen molar-refractivity contribution in [3.8, 4) is 0 Å². The van der Waals surface area contributed by atoms with E-state index in [4.69, 9.17) is 16.3 Å². The second-order valence-corrected chi connectivity index (χ2v) is 9.19. The van der Waals surface area contributed by atoms with Gasteiger partial charge in [0.2, 0.25) is 0 Å². The number of carbonyl (C=O) groups is 1. The molecule has 9 heteroatoms. The largest absolute Gasteiger partial charge is 0.379 e. The van der Waals surface area contributed by atoms with E-state index >= 15 is 0 Å². The highest BCUT2D eigenvalue weighted by Gasteiger charge is 2.21. The smallest absolute Gasteiger partial charge is 0.263 e. The Hall–Kier alpha value is -2.13. The quantitative estimate of drug-likeness (QED) is 0.602. The van der Waals surface area contributed by atoms with Crippen molar-refractivity contribution in [2.24, 2.45) is 0 Å². The molecule has 162 valence electrons. The third kappa shape index (κ3) is 5.95. The molecule has 0 radical (unpaired) electrons. The lowest BCUT2D eigenvalue weighted by Crippen LogP contribution is -2.38. The van der Waals surface area contributed by atoms with Crippen LogP contribution in [0.15, 0.2) is 47.4 Å². The van der Waals surface area contributed by atoms with Crippen molar-refractivity contribution in [2.45, 2.75) is 18.2 Å². The van der Waals surface area contributed by atoms with Gasteiger partial charge in [0.05, 0.1) is 23.9 Å². The highest BCUT2D eigenvalue weighted by atomic mass is 35.5. The molecule has 1 aliphatic heterocycles. The van der Waals surface area contributed by atoms with Gasteiger partial charge in [-0.2, -0.15) is 0 Å². The van der Waals surface area contributed by atoms with Crippen molar-refractivity contribution in [1.29, 1.82) is 0 Å². The van der Waals surface area contributed by atoms with E-state index in [2.05, 4.69) is 14.9 Å². The van der Waals surface area contributed by atoms with Crippen molar-refractivity contribution in [3.63, 3.8) is 0 Å². The molecule has 1 amide bonds. The Bertz CT molecular complexity index is 991. The maximum atomic E-state index is 12.8. The van der Waals surface area contributed by atoms with E-state index in [0.29, 0.717) is 12.2 Å². The number of ether oxygens (including phenoxy) is 1. The molecule has 30 heavy (non-hydrogen) atoms. The minimum atomic E-state index is -3.94. The van der Waals surface area contributed by atoms with Crippen LogP contribution in [0.4, 0.5) is 5.69 Å². The molecule has 0 spiro atoms. The first-order valence-corrected chi connectivity index (χ1v) is 11.7. The number of carbonyl (C=O) groups excluding carboxylic acids is 1. The number of morpholine rings is 1. The molecule has 0 aromatic heterocycles. The van der Waals surface area contributed by atoms with Gasteiger partial charge in [-0.25, -0.2) is 8.42 Å². The lowest BCUT2D eigenvalue weighted by molar-refractivity contribution is 0.0374. The summed E-state index contributed by atoms with van der Waals surface area (Å²) in [6, 6.07) is 11.3. The fourth-order valence-corrected chi connectivity index (χ4v) is 4.83. The molecule has 1 heterocycles. The predicted molar refractivity (Wildman–Crippen MR) is 118 cm³/mol. The monoisotopic (exact) mass is 451 g/mol. The van der Waals surface area contributed by atoms with Gasteiger partial charge >= 0.3 is 0 Å². The lowest BCUT2D eigenvalue weighted by Gasteiger charge is -2.26. The van der Waals surface area contributed by atoms with Crippen LogP contribution in [0, 0.1) is 6.92 Å². The summed E-state index contributed by atoms with van der Waals surface area (Å²) in [5, 5.41) is 2.90. The molecule has 2 aromatic rings. The number of anilines is 1. The molecule has 1 aliphatic rings. The van der Waals surface area contributed by atoms with Crippen LogP contribution in [-0.2, 0) is 14.8 Å². The summed E-state index contributed by atoms with van der Waals surface area (Å²) in [5.74, 6) is -0.332. The van der Waals surface area contributed by atoms with Crippen LogP contribution in [0.5, 0.6) is 0 Å². The van der Waals surface area contributed by atoms with Gasteiger partial charge in [-0.1, -0.05) is 29.8 Å². The van der Waals surface area contributed by atoms with Gasteiger partial charge in [0.25, 0.3) is 15.9 Å². The number of amides is 1. The van der Waals surface area contributed by atoms with E-state index < -0.39 is 10.0 Å². The third-order valence-corrected chi connectivity index (χ3v) is 6.76. The van der Waals surface area contributed by atoms with Crippen LogP contribution in [-0.4, -0.2) is 58.6 Å². The number of sulfonamides is 1. The second kappa shape index (κ2) is 10.3. The van der Waals surface area contributed by atoms with Crippen molar-refractivity contribution in [3.05, 3.63) is 58.6 Å². The van der Waals surface area contributed by atoms with Gasteiger partial charge < -0.3 is 10.1 Å². The van der Waals surface area contributed by atoms with Gasteiger partial charge in [0.15, 0.2) is 0 Å². The van der Waals surface area contributed by atoms with Gasteiger partial charge in [0.1, 0.15) is 4.90 Å². The molecule has 1 fully saturated rings. The van der Waals surface area contributed by atoms with Gasteiger partial charge in [0, 0.05) is 25.2 Å². The summed E-state index contributed by atoms with van der Waals surface area (Å²) in [6.07, 6.45) is 0.805. The van der Waals surface area contributed by atoms with Crippen LogP contribution >= 0.6 is 11.6 Å². The molecule has 2 aromatic carbocycles. The summed E-state index contributed by atoms with van der Waals surface area (Å²) in [5.41, 5.74) is 1.49. The fourth-order valence-electron chi connectivity index (χ4n) is 3.17. The average Bonchev–Trinajstić information content (AvgIpc) is 2.73. The molecule has 3 rings (SSSR count). The van der Waals surface area contributed by atoms with Crippen LogP contribution in [0.1, 0.15) is 22.3 Å². The SMILES string of the molecule is Cc1ccccc1NS(=O)(=O)c1cc(C(=O)NCCCN2CCOCC2)ccc1Cl. The zero-order valence-corrected chi connectivity index (χ0v) is 18.4. The molecular weight excluding hydrogens is 426 g/mol. The molecule has 0 aliphatic carbocycles. The number of aryl methyl sites for hydroxylation is 1. The zero-order chi connectivity index (χ0) is 21.6. The minimum absolute atomic E-state index is 0.0555. The Kier molecular flexibility index (Phi) is 7.71. The maximum Gasteiger partial charge on any atom is 0.263 e. The maximum absolute atomic E-state index is 12.8. The van der Waals surface area contributed by atoms with E-state index in [1.54, 1.807) is 25.1 Å². The Morgan fingerprint density at radius 1 is 1.17 bits per heavy atom. The summed E-state index contributed by atoms with van der Waals surface area (Å²) in [6.45, 7) is 6.48. The molecule has 0 saturated carbocycles. The fraction of sp³-hybridized carbons (Fsp3) is 0.381. The second-order valence-electron chi connectivity index (χ2n) is 7.13. The predicted octanol–water partition coefficient (Wildman–Crippen LogP) is 2.90. The van der Waals surface area contributed by atoms with Crippen LogP contribution < -0.4 is 10.0 Å². The molecule has 1 saturated heterocycles. The first-order chi connectivity index (χ1) is 14.4. The van der Waals surface area contributed by atoms with E-state index in [-0.39, 0.29) is 21.4 Å². The Morgan fingerprint density at radius 2 is 1.90 bits per heavy atom. The first kappa shape index (κ1) is 22.6. The number of benzene rings is 2. The number of rotatable bonds is 8. The Labute approximate surface area is 182 Å². The van der Waals surface area contributed by atoms with E-state index in [1.807, 2.05) is 6.07 Å². The summed E-state index contributed by atoms with van der Waals surface area (Å²) in [4.78, 5) is 14.7. The van der Waals surface area contributed by atoms with Crippen molar-refractivity contribution < 1.29 is 17.9 Å². The van der Waals surface area contributed by atoms with Gasteiger partial charge in [-0.15, -0.1) is 0 Å². The third-order valence-electron chi connectivity index (χ3n) is 4.91. The van der Waals surface area contributed by atoms with Crippen molar-refractivity contribution in [1.82, 2.24) is 10.2 Å². The first-order valence-electron chi connectivity index (χ1n) is 9.83. The number of hydrogen-bond donors (Lipinski definition) is 2. The summed E-state index contributed by atoms with van der Waals surface area (Å²) >= 11 is 6.14. The van der Waals surface area contributed by atoms with Crippen LogP contribution in [0.3, 0.4) is 0 Å². The van der Waals surface area contributed by atoms with Gasteiger partial charge in [-0.05, 0) is 49.7 Å². The number of nitrogens with zero attached hydrogens (tertiary/aromatic N) is 1. The molecule has 7 nitrogen and oxygen atoms in total. The standard InChI is InChI=1S/C21H26ClN3O4S/c1-16-5-2-3-6-19(16)24-30(27,28)20-15-17(7-8-18(20)22)21(26)23-9-4-10-25-11-13-29-14-12-25/h2-3,5-8,15,24H,4,9-14H2,1H3,(H,23,26). The van der Waals surface area contributed by atoms with E-state index in [0.717, 1.165) is 44.8 Å². The van der Waals surface area contributed by atoms with Crippen LogP contribution in [0.2, 0.25) is 5.02 Å². The average molecular weight is 452 g/mol. The minimum Gasteiger partial charge on any atom is -0.379 e. The summed E-state index contributed by atoms with van der Waals surface area (Å²) in [7, 11) is -3.94. The van der Waals surface area contributed by atoms with Crippen molar-refractivity contribution in [2.75, 3.05) is 44.1 Å². The number of para-hydroxylation sites is 1. The highest BCUT2D eigenvalue weighted by Crippen LogP contribution is 2.26. The lowest BCUT2D eigenvalue weighted by atomic mass is 10.2. The van der Waals surface area contributed by atoms with E-state index in [9.17, 15) is 13.2 Å². The molecule has 0 unspecified atom stereocenters. The molecule has 2 N–H and O–H groups in total. The number of halogens is 1. The van der Waals surface area contributed by atoms with Crippen molar-refractivity contribution >= 4 is 33.2 Å². The normalized spacial score (nSPS) is 15.0. The van der Waals surface area contributed by atoms with Crippen LogP contribution in [0.25, 0.3) is 0 Å². The summed E-state index contributed by atoms with van der Waals surface area (Å²) < 4.78 is 33.5.